The van der Waals surface area contributed by atoms with Crippen molar-refractivity contribution in [2.24, 2.45) is 0 Å². The van der Waals surface area contributed by atoms with Crippen LogP contribution < -0.4 is 9.81 Å². The predicted molar refractivity (Wildman–Crippen MR) is 146 cm³/mol. The van der Waals surface area contributed by atoms with Crippen molar-refractivity contribution in [3.8, 4) is 11.1 Å². The first-order chi connectivity index (χ1) is 16.5. The molecule has 0 radical (unpaired) electrons. The van der Waals surface area contributed by atoms with Crippen molar-refractivity contribution < 1.29 is 17.4 Å². The first kappa shape index (κ1) is 22.0. The summed E-state index contributed by atoms with van der Waals surface area (Å²) in [5.41, 5.74) is 8.56. The second kappa shape index (κ2) is 8.01. The van der Waals surface area contributed by atoms with Gasteiger partial charge < -0.3 is 0 Å². The third-order valence-electron chi connectivity index (χ3n) is 8.24. The molecule has 0 aliphatic heterocycles. The van der Waals surface area contributed by atoms with E-state index in [1.807, 2.05) is 0 Å². The first-order valence-electron chi connectivity index (χ1n) is 12.2. The van der Waals surface area contributed by atoms with Crippen LogP contribution in [0.5, 0.6) is 0 Å². The van der Waals surface area contributed by atoms with Gasteiger partial charge >= 0.3 is 207 Å². The third kappa shape index (κ3) is 2.98. The van der Waals surface area contributed by atoms with Gasteiger partial charge in [-0.25, -0.2) is 0 Å². The molecule has 2 aliphatic carbocycles. The Kier molecular flexibility index (Phi) is 5.17. The van der Waals surface area contributed by atoms with Crippen molar-refractivity contribution >= 4 is 16.7 Å². The molecule has 2 heteroatoms. The van der Waals surface area contributed by atoms with E-state index in [0.717, 1.165) is 12.8 Å². The molecule has 0 spiro atoms. The van der Waals surface area contributed by atoms with Gasteiger partial charge in [-0.05, 0) is 0 Å². The van der Waals surface area contributed by atoms with E-state index in [9.17, 15) is 0 Å². The van der Waals surface area contributed by atoms with Crippen LogP contribution in [0.4, 0.5) is 0 Å². The monoisotopic (exact) mass is 532 g/mol. The summed E-state index contributed by atoms with van der Waals surface area (Å²) < 4.78 is 6.40. The molecule has 166 valence electrons. The molecule has 0 aromatic heterocycles. The normalized spacial score (nSPS) is 14.6. The Morgan fingerprint density at radius 2 is 1.35 bits per heavy atom. The molecule has 0 fully saturated rings. The third-order valence-corrected chi connectivity index (χ3v) is 34.3. The van der Waals surface area contributed by atoms with Gasteiger partial charge in [-0.15, -0.1) is 0 Å². The molecule has 0 amide bonds. The number of hydrogen-bond donors (Lipinski definition) is 0. The number of benzene rings is 4. The van der Waals surface area contributed by atoms with Crippen molar-refractivity contribution in [3.63, 3.8) is 0 Å². The fourth-order valence-electron chi connectivity index (χ4n) is 6.53. The number of fused-ring (bicyclic) bond motifs is 3. The Hall–Kier alpha value is -2.54. The molecule has 0 saturated heterocycles. The maximum absolute atomic E-state index is 4.24. The van der Waals surface area contributed by atoms with Crippen molar-refractivity contribution in [2.45, 2.75) is 26.7 Å². The van der Waals surface area contributed by atoms with Crippen LogP contribution in [0.25, 0.3) is 11.1 Å². The summed E-state index contributed by atoms with van der Waals surface area (Å²) in [7, 11) is 0. The summed E-state index contributed by atoms with van der Waals surface area (Å²) in [5.74, 6) is 0. The van der Waals surface area contributed by atoms with Crippen LogP contribution >= 0.6 is 0 Å². The van der Waals surface area contributed by atoms with E-state index < -0.39 is 17.4 Å². The minimum atomic E-state index is -4.24. The van der Waals surface area contributed by atoms with Crippen LogP contribution in [0, 0.1) is 13.8 Å². The SMILES string of the molecule is Cc1ccc[c]([Zr](=[SiH2])([C]2=CC=CC2)([c]2cccc(C)c2)[c]2cccc3c2Cc2ccccc2-3)c1. The van der Waals surface area contributed by atoms with Crippen LogP contribution in [0.2, 0.25) is 0 Å². The van der Waals surface area contributed by atoms with Crippen LogP contribution in [0.3, 0.4) is 0 Å². The molecule has 0 heterocycles. The molecule has 0 atom stereocenters. The second-order valence-corrected chi connectivity index (χ2v) is 31.5. The molecular formula is C32H30SiZr. The van der Waals surface area contributed by atoms with Gasteiger partial charge in [0.15, 0.2) is 0 Å². The van der Waals surface area contributed by atoms with Crippen molar-refractivity contribution in [2.75, 3.05) is 0 Å². The topological polar surface area (TPSA) is 0 Å². The Labute approximate surface area is 205 Å². The van der Waals surface area contributed by atoms with E-state index in [2.05, 4.69) is 130 Å². The summed E-state index contributed by atoms with van der Waals surface area (Å²) in [6.07, 6.45) is 9.19. The summed E-state index contributed by atoms with van der Waals surface area (Å²) in [6.45, 7) is 6.87. The molecule has 6 rings (SSSR count). The summed E-state index contributed by atoms with van der Waals surface area (Å²) in [5, 5.41) is 0. The van der Waals surface area contributed by atoms with Crippen LogP contribution in [0.15, 0.2) is 113 Å². The van der Waals surface area contributed by atoms with Crippen LogP contribution in [0.1, 0.15) is 28.7 Å². The van der Waals surface area contributed by atoms with Crippen LogP contribution in [-0.4, -0.2) is 6.88 Å². The van der Waals surface area contributed by atoms with E-state index in [1.165, 1.54) is 27.8 Å². The van der Waals surface area contributed by atoms with Crippen molar-refractivity contribution in [3.05, 3.63) is 135 Å². The van der Waals surface area contributed by atoms with E-state index in [-0.39, 0.29) is 0 Å². The zero-order valence-corrected chi connectivity index (χ0v) is 23.9. The van der Waals surface area contributed by atoms with Gasteiger partial charge in [0.25, 0.3) is 0 Å². The zero-order chi connectivity index (χ0) is 23.4. The molecule has 2 aliphatic rings. The molecule has 0 bridgehead atoms. The quantitative estimate of drug-likeness (QED) is 0.278. The molecule has 0 nitrogen and oxygen atoms in total. The first-order valence-corrected chi connectivity index (χ1v) is 23.1. The molecule has 34 heavy (non-hydrogen) atoms. The van der Waals surface area contributed by atoms with Crippen molar-refractivity contribution in [1.29, 1.82) is 0 Å². The average Bonchev–Trinajstić information content (AvgIpc) is 3.52. The zero-order valence-electron chi connectivity index (χ0n) is 20.0. The molecule has 0 N–H and O–H groups in total. The molecule has 4 aromatic carbocycles. The van der Waals surface area contributed by atoms with Gasteiger partial charge in [0, 0.05) is 0 Å². The average molecular weight is 534 g/mol. The van der Waals surface area contributed by atoms with Gasteiger partial charge in [-0.1, -0.05) is 0 Å². The Morgan fingerprint density at radius 1 is 0.706 bits per heavy atom. The van der Waals surface area contributed by atoms with E-state index >= 15 is 0 Å². The molecule has 0 unspecified atom stereocenters. The number of hydrogen-bond acceptors (Lipinski definition) is 0. The summed E-state index contributed by atoms with van der Waals surface area (Å²) in [4.78, 5) is 0. The molecule has 4 aromatic rings. The van der Waals surface area contributed by atoms with Crippen LogP contribution in [-0.2, 0) is 23.8 Å². The molecule has 0 saturated carbocycles. The minimum absolute atomic E-state index is 1.03. The van der Waals surface area contributed by atoms with Gasteiger partial charge in [-0.2, -0.15) is 0 Å². The van der Waals surface area contributed by atoms with E-state index in [0.29, 0.717) is 0 Å². The summed E-state index contributed by atoms with van der Waals surface area (Å²) in [6, 6.07) is 35.1. The number of aryl methyl sites for hydroxylation is 2. The van der Waals surface area contributed by atoms with Gasteiger partial charge in [0.2, 0.25) is 0 Å². The fourth-order valence-corrected chi connectivity index (χ4v) is 28.5. The van der Waals surface area contributed by atoms with E-state index in [1.54, 1.807) is 18.7 Å². The van der Waals surface area contributed by atoms with Gasteiger partial charge in [0.05, 0.1) is 0 Å². The Morgan fingerprint density at radius 3 is 2.00 bits per heavy atom. The van der Waals surface area contributed by atoms with Crippen molar-refractivity contribution in [1.82, 2.24) is 0 Å². The number of allylic oxidation sites excluding steroid dienone is 4. The fraction of sp³-hybridized carbons (Fsp3) is 0.125. The second-order valence-electron chi connectivity index (χ2n) is 10.2. The van der Waals surface area contributed by atoms with Gasteiger partial charge in [0.1, 0.15) is 0 Å². The number of rotatable bonds is 4. The van der Waals surface area contributed by atoms with E-state index in [4.69, 9.17) is 0 Å². The summed E-state index contributed by atoms with van der Waals surface area (Å²) >= 11 is -4.24. The maximum atomic E-state index is 2.50. The molecular weight excluding hydrogens is 504 g/mol. The Bertz CT molecular complexity index is 1530. The standard InChI is InChI=1S/C13H9.2C7H7.C5H5.H2Si.Zr/c1-3-7-12-10(5-1)9-11-6-2-4-8-13(11)12;2*1-7-5-3-2-4-6-7;1-2-4-5-3-1;;/h1-5,7-8H,9H2;2*2-3,5-6H,1H3;1-3H,4H2;1H2;. The van der Waals surface area contributed by atoms with Gasteiger partial charge in [-0.3, -0.25) is 0 Å². The predicted octanol–water partition coefficient (Wildman–Crippen LogP) is 5.23. The Balaban J connectivity index is 1.80.